The van der Waals surface area contributed by atoms with Gasteiger partial charge in [0, 0.05) is 25.5 Å². The zero-order chi connectivity index (χ0) is 13.0. The quantitative estimate of drug-likeness (QED) is 0.627. The Kier molecular flexibility index (Phi) is 4.81. The minimum absolute atomic E-state index is 0.347. The number of hydrogen-bond acceptors (Lipinski definition) is 4. The summed E-state index contributed by atoms with van der Waals surface area (Å²) >= 11 is 5.66. The fourth-order valence-corrected chi connectivity index (χ4v) is 1.42. The van der Waals surface area contributed by atoms with Crippen LogP contribution in [-0.2, 0) is 0 Å². The predicted octanol–water partition coefficient (Wildman–Crippen LogP) is 2.83. The molecule has 0 unspecified atom stereocenters. The van der Waals surface area contributed by atoms with Crippen molar-refractivity contribution in [3.8, 4) is 0 Å². The molecule has 0 saturated carbocycles. The molecule has 0 aliphatic carbocycles. The lowest BCUT2D eigenvalue weighted by molar-refractivity contribution is 0.109. The first kappa shape index (κ1) is 13.8. The average molecular weight is 256 g/mol. The minimum atomic E-state index is 0.347. The van der Waals surface area contributed by atoms with Crippen LogP contribution in [0.5, 0.6) is 0 Å². The van der Waals surface area contributed by atoms with Gasteiger partial charge in [0.1, 0.15) is 0 Å². The Hall–Kier alpha value is -1.23. The summed E-state index contributed by atoms with van der Waals surface area (Å²) in [6.07, 6.45) is 0. The Balaban J connectivity index is 2.98. The molecule has 0 spiro atoms. The molecule has 0 fully saturated rings. The van der Waals surface area contributed by atoms with Gasteiger partial charge in [0.25, 0.3) is 0 Å². The van der Waals surface area contributed by atoms with E-state index in [4.69, 9.17) is 11.6 Å². The van der Waals surface area contributed by atoms with Crippen LogP contribution in [0.1, 0.15) is 5.56 Å². The number of nitrogens with one attached hydrogen (secondary N) is 1. The lowest BCUT2D eigenvalue weighted by atomic mass is 10.2. The molecule has 0 saturated heterocycles. The molecule has 0 atom stereocenters. The van der Waals surface area contributed by atoms with Gasteiger partial charge >= 0.3 is 0 Å². The standard InChI is InChI=1S/C12H18ClN3O/c1-9-5-6-11(14-10(2)8-13)7-12(9)16(17)15(3)4/h5-7,14,17H,2,8H2,1,3-4H3. The minimum Gasteiger partial charge on any atom is -0.358 e. The number of anilines is 2. The van der Waals surface area contributed by atoms with Crippen molar-refractivity contribution in [1.29, 1.82) is 0 Å². The highest BCUT2D eigenvalue weighted by atomic mass is 35.5. The van der Waals surface area contributed by atoms with Gasteiger partial charge in [-0.15, -0.1) is 11.6 Å². The summed E-state index contributed by atoms with van der Waals surface area (Å²) in [7, 11) is 3.52. The van der Waals surface area contributed by atoms with Crippen LogP contribution in [-0.4, -0.2) is 30.2 Å². The fourth-order valence-electron chi connectivity index (χ4n) is 1.36. The summed E-state index contributed by atoms with van der Waals surface area (Å²) in [6.45, 7) is 5.70. The first-order valence-corrected chi connectivity index (χ1v) is 5.76. The molecular weight excluding hydrogens is 238 g/mol. The molecule has 4 nitrogen and oxygen atoms in total. The molecule has 0 heterocycles. The van der Waals surface area contributed by atoms with E-state index in [2.05, 4.69) is 11.9 Å². The third kappa shape index (κ3) is 3.63. The summed E-state index contributed by atoms with van der Waals surface area (Å²) in [6, 6.07) is 5.68. The summed E-state index contributed by atoms with van der Waals surface area (Å²) in [5.41, 5.74) is 3.25. The number of hydrogen-bond donors (Lipinski definition) is 2. The van der Waals surface area contributed by atoms with E-state index in [1.807, 2.05) is 25.1 Å². The average Bonchev–Trinajstić information content (AvgIpc) is 2.30. The molecule has 1 rings (SSSR count). The maximum Gasteiger partial charge on any atom is 0.0872 e. The van der Waals surface area contributed by atoms with Crippen LogP contribution in [0.3, 0.4) is 0 Å². The van der Waals surface area contributed by atoms with Crippen LogP contribution >= 0.6 is 11.6 Å². The Morgan fingerprint density at radius 1 is 1.47 bits per heavy atom. The molecule has 2 N–H and O–H groups in total. The second kappa shape index (κ2) is 5.91. The van der Waals surface area contributed by atoms with E-state index in [1.54, 1.807) is 19.1 Å². The second-order valence-corrected chi connectivity index (χ2v) is 4.27. The molecule has 0 amide bonds. The molecule has 0 aliphatic rings. The third-order valence-electron chi connectivity index (χ3n) is 2.29. The van der Waals surface area contributed by atoms with Gasteiger partial charge in [-0.2, -0.15) is 5.17 Å². The summed E-state index contributed by atoms with van der Waals surface area (Å²) in [5.74, 6) is 0.347. The normalized spacial score (nSPS) is 10.5. The van der Waals surface area contributed by atoms with E-state index in [-0.39, 0.29) is 0 Å². The van der Waals surface area contributed by atoms with Crippen molar-refractivity contribution in [3.63, 3.8) is 0 Å². The zero-order valence-electron chi connectivity index (χ0n) is 10.4. The van der Waals surface area contributed by atoms with E-state index >= 15 is 0 Å². The van der Waals surface area contributed by atoms with Gasteiger partial charge in [-0.3, -0.25) is 5.21 Å². The monoisotopic (exact) mass is 255 g/mol. The second-order valence-electron chi connectivity index (χ2n) is 4.00. The van der Waals surface area contributed by atoms with Crippen molar-refractivity contribution in [3.05, 3.63) is 36.0 Å². The molecule has 0 radical (unpaired) electrons. The van der Waals surface area contributed by atoms with Crippen LogP contribution < -0.4 is 10.5 Å². The Morgan fingerprint density at radius 3 is 2.65 bits per heavy atom. The van der Waals surface area contributed by atoms with Crippen molar-refractivity contribution in [1.82, 2.24) is 5.01 Å². The third-order valence-corrected chi connectivity index (χ3v) is 2.61. The number of nitrogens with zero attached hydrogens (tertiary/aromatic N) is 2. The van der Waals surface area contributed by atoms with Crippen LogP contribution in [0.2, 0.25) is 0 Å². The molecular formula is C12H18ClN3O. The number of aryl methyl sites for hydroxylation is 1. The van der Waals surface area contributed by atoms with Gasteiger partial charge in [0.15, 0.2) is 0 Å². The van der Waals surface area contributed by atoms with Crippen molar-refractivity contribution in [2.75, 3.05) is 30.5 Å². The number of benzene rings is 1. The summed E-state index contributed by atoms with van der Waals surface area (Å²) in [4.78, 5) is 0. The number of hydrazine groups is 1. The van der Waals surface area contributed by atoms with Gasteiger partial charge in [-0.1, -0.05) is 12.6 Å². The van der Waals surface area contributed by atoms with Crippen LogP contribution in [0.4, 0.5) is 11.4 Å². The largest absolute Gasteiger partial charge is 0.358 e. The van der Waals surface area contributed by atoms with Crippen molar-refractivity contribution in [2.24, 2.45) is 0 Å². The predicted molar refractivity (Wildman–Crippen MR) is 72.6 cm³/mol. The first-order valence-electron chi connectivity index (χ1n) is 5.23. The Morgan fingerprint density at radius 2 is 2.12 bits per heavy atom. The van der Waals surface area contributed by atoms with Gasteiger partial charge in [-0.05, 0) is 24.6 Å². The van der Waals surface area contributed by atoms with Crippen LogP contribution in [0.25, 0.3) is 0 Å². The molecule has 94 valence electrons. The van der Waals surface area contributed by atoms with Gasteiger partial charge in [-0.25, -0.2) is 5.01 Å². The van der Waals surface area contributed by atoms with Crippen molar-refractivity contribution >= 4 is 23.0 Å². The Bertz CT molecular complexity index is 407. The first-order chi connectivity index (χ1) is 7.95. The molecule has 1 aromatic rings. The van der Waals surface area contributed by atoms with Crippen molar-refractivity contribution < 1.29 is 5.21 Å². The van der Waals surface area contributed by atoms with E-state index in [1.165, 1.54) is 0 Å². The van der Waals surface area contributed by atoms with Crippen LogP contribution in [0, 0.1) is 6.92 Å². The smallest absolute Gasteiger partial charge is 0.0872 e. The van der Waals surface area contributed by atoms with Gasteiger partial charge in [0.05, 0.1) is 11.6 Å². The van der Waals surface area contributed by atoms with E-state index in [9.17, 15) is 5.21 Å². The molecule has 5 heteroatoms. The summed E-state index contributed by atoms with van der Waals surface area (Å²) in [5, 5.41) is 15.6. The SMILES string of the molecule is C=C(CCl)Nc1ccc(C)c(N(O)N(C)C)c1. The number of halogens is 1. The number of allylic oxidation sites excluding steroid dienone is 1. The number of alkyl halides is 1. The van der Waals surface area contributed by atoms with E-state index in [0.717, 1.165) is 22.1 Å². The maximum absolute atomic E-state index is 9.88. The zero-order valence-corrected chi connectivity index (χ0v) is 11.1. The molecule has 1 aromatic carbocycles. The number of rotatable bonds is 5. The molecule has 0 aromatic heterocycles. The molecule has 0 bridgehead atoms. The maximum atomic E-state index is 9.88. The van der Waals surface area contributed by atoms with Gasteiger partial charge in [0.2, 0.25) is 0 Å². The van der Waals surface area contributed by atoms with Crippen molar-refractivity contribution in [2.45, 2.75) is 6.92 Å². The highest BCUT2D eigenvalue weighted by Gasteiger charge is 2.09. The topological polar surface area (TPSA) is 38.7 Å². The fraction of sp³-hybridized carbons (Fsp3) is 0.333. The lowest BCUT2D eigenvalue weighted by Gasteiger charge is -2.25. The summed E-state index contributed by atoms with van der Waals surface area (Å²) < 4.78 is 0. The highest BCUT2D eigenvalue weighted by molar-refractivity contribution is 6.19. The molecule has 17 heavy (non-hydrogen) atoms. The van der Waals surface area contributed by atoms with Gasteiger partial charge < -0.3 is 5.32 Å². The molecule has 0 aliphatic heterocycles. The van der Waals surface area contributed by atoms with Crippen LogP contribution in [0.15, 0.2) is 30.5 Å². The lowest BCUT2D eigenvalue weighted by Crippen LogP contribution is -2.34. The van der Waals surface area contributed by atoms with E-state index < -0.39 is 0 Å². The Labute approximate surface area is 107 Å². The highest BCUT2D eigenvalue weighted by Crippen LogP contribution is 2.24. The van der Waals surface area contributed by atoms with E-state index in [0.29, 0.717) is 11.6 Å².